The summed E-state index contributed by atoms with van der Waals surface area (Å²) in [5.74, 6) is 0. The van der Waals surface area contributed by atoms with Crippen LogP contribution in [-0.2, 0) is 0 Å². The van der Waals surface area contributed by atoms with Gasteiger partial charge in [0.1, 0.15) is 0 Å². The molecule has 5 aromatic rings. The maximum absolute atomic E-state index is 4.19. The van der Waals surface area contributed by atoms with Crippen LogP contribution >= 0.6 is 0 Å². The van der Waals surface area contributed by atoms with Crippen molar-refractivity contribution in [1.82, 2.24) is 0 Å². The standard InChI is InChI=1S/C40H46N6/c1-10-30-27-39(45(35-19-11-31(12-20-35)41(2)3)36-21-13-32(14-22-36)42(4)5)29-40(28-30)46(37-23-15-33(16-24-37)43(6)7)38-25-17-34(18-26-38)44(8)9/h10-29H,1H2,2-9H3. The molecule has 0 amide bonds. The summed E-state index contributed by atoms with van der Waals surface area (Å²) < 4.78 is 0. The molecule has 6 heteroatoms. The zero-order valence-electron chi connectivity index (χ0n) is 28.4. The van der Waals surface area contributed by atoms with Crippen LogP contribution in [0.4, 0.5) is 56.9 Å². The molecule has 0 N–H and O–H groups in total. The molecule has 0 atom stereocenters. The monoisotopic (exact) mass is 610 g/mol. The van der Waals surface area contributed by atoms with Crippen LogP contribution in [0.25, 0.3) is 6.08 Å². The van der Waals surface area contributed by atoms with Crippen LogP contribution in [0.1, 0.15) is 5.56 Å². The van der Waals surface area contributed by atoms with Gasteiger partial charge in [0.05, 0.1) is 0 Å². The van der Waals surface area contributed by atoms with E-state index in [9.17, 15) is 0 Å². The first-order valence-corrected chi connectivity index (χ1v) is 15.5. The van der Waals surface area contributed by atoms with E-state index in [0.29, 0.717) is 0 Å². The highest BCUT2D eigenvalue weighted by Gasteiger charge is 2.19. The lowest BCUT2D eigenvalue weighted by Gasteiger charge is -2.31. The molecular weight excluding hydrogens is 564 g/mol. The van der Waals surface area contributed by atoms with Crippen molar-refractivity contribution in [2.75, 3.05) is 85.8 Å². The number of hydrogen-bond donors (Lipinski definition) is 0. The Hall–Kier alpha value is -5.36. The summed E-state index contributed by atoms with van der Waals surface area (Å²) in [6.07, 6.45) is 1.93. The van der Waals surface area contributed by atoms with E-state index in [1.165, 1.54) is 0 Å². The van der Waals surface area contributed by atoms with Gasteiger partial charge in [-0.05, 0) is 121 Å². The summed E-state index contributed by atoms with van der Waals surface area (Å²) in [6, 6.07) is 41.5. The molecule has 0 radical (unpaired) electrons. The van der Waals surface area contributed by atoms with Gasteiger partial charge in [0.25, 0.3) is 0 Å². The first kappa shape index (κ1) is 32.0. The molecule has 0 bridgehead atoms. The van der Waals surface area contributed by atoms with Gasteiger partial charge < -0.3 is 29.4 Å². The van der Waals surface area contributed by atoms with Gasteiger partial charge in [-0.2, -0.15) is 0 Å². The SMILES string of the molecule is C=Cc1cc(N(c2ccc(N(C)C)cc2)c2ccc(N(C)C)cc2)cc(N(c2ccc(N(C)C)cc2)c2ccc(N(C)C)cc2)c1. The maximum atomic E-state index is 4.19. The minimum atomic E-state index is 1.03. The van der Waals surface area contributed by atoms with Crippen LogP contribution < -0.4 is 29.4 Å². The topological polar surface area (TPSA) is 19.4 Å². The lowest BCUT2D eigenvalue weighted by atomic mass is 10.1. The van der Waals surface area contributed by atoms with Crippen molar-refractivity contribution in [2.24, 2.45) is 0 Å². The van der Waals surface area contributed by atoms with E-state index in [1.807, 2.05) is 6.08 Å². The Kier molecular flexibility index (Phi) is 9.57. The van der Waals surface area contributed by atoms with Gasteiger partial charge >= 0.3 is 0 Å². The molecule has 0 unspecified atom stereocenters. The summed E-state index contributed by atoms with van der Waals surface area (Å²) in [4.78, 5) is 13.1. The Morgan fingerprint density at radius 3 is 0.739 bits per heavy atom. The molecular formula is C40H46N6. The quantitative estimate of drug-likeness (QED) is 0.147. The van der Waals surface area contributed by atoms with E-state index in [2.05, 4.69) is 208 Å². The Morgan fingerprint density at radius 1 is 0.326 bits per heavy atom. The zero-order valence-corrected chi connectivity index (χ0v) is 28.4. The second-order valence-corrected chi connectivity index (χ2v) is 12.3. The van der Waals surface area contributed by atoms with Crippen molar-refractivity contribution in [3.63, 3.8) is 0 Å². The van der Waals surface area contributed by atoms with Gasteiger partial charge in [-0.25, -0.2) is 0 Å². The predicted molar refractivity (Wildman–Crippen MR) is 203 cm³/mol. The zero-order chi connectivity index (χ0) is 33.0. The third-order valence-electron chi connectivity index (χ3n) is 8.17. The average molecular weight is 611 g/mol. The molecule has 0 heterocycles. The molecule has 0 saturated heterocycles. The van der Waals surface area contributed by atoms with Crippen LogP contribution in [0.5, 0.6) is 0 Å². The highest BCUT2D eigenvalue weighted by atomic mass is 15.2. The fourth-order valence-electron chi connectivity index (χ4n) is 5.49. The normalized spacial score (nSPS) is 10.7. The highest BCUT2D eigenvalue weighted by molar-refractivity contribution is 5.86. The van der Waals surface area contributed by atoms with Crippen molar-refractivity contribution >= 4 is 62.9 Å². The van der Waals surface area contributed by atoms with Crippen molar-refractivity contribution in [3.05, 3.63) is 127 Å². The fraction of sp³-hybridized carbons (Fsp3) is 0.200. The van der Waals surface area contributed by atoms with Crippen LogP contribution in [-0.4, -0.2) is 56.4 Å². The molecule has 0 fully saturated rings. The van der Waals surface area contributed by atoms with Crippen LogP contribution in [0.15, 0.2) is 122 Å². The van der Waals surface area contributed by atoms with Gasteiger partial charge in [0, 0.05) is 113 Å². The highest BCUT2D eigenvalue weighted by Crippen LogP contribution is 2.42. The Bertz CT molecular complexity index is 1510. The van der Waals surface area contributed by atoms with Gasteiger partial charge in [0.15, 0.2) is 0 Å². The third-order valence-corrected chi connectivity index (χ3v) is 8.17. The summed E-state index contributed by atoms with van der Waals surface area (Å²) in [5, 5.41) is 0. The fourth-order valence-corrected chi connectivity index (χ4v) is 5.49. The Morgan fingerprint density at radius 2 is 0.543 bits per heavy atom. The van der Waals surface area contributed by atoms with E-state index < -0.39 is 0 Å². The van der Waals surface area contributed by atoms with E-state index in [-0.39, 0.29) is 0 Å². The maximum Gasteiger partial charge on any atom is 0.0488 e. The van der Waals surface area contributed by atoms with Gasteiger partial charge in [-0.15, -0.1) is 0 Å². The molecule has 0 spiro atoms. The van der Waals surface area contributed by atoms with Gasteiger partial charge in [-0.3, -0.25) is 0 Å². The molecule has 0 aromatic heterocycles. The minimum Gasteiger partial charge on any atom is -0.378 e. The first-order valence-electron chi connectivity index (χ1n) is 15.5. The number of anilines is 10. The molecule has 46 heavy (non-hydrogen) atoms. The van der Waals surface area contributed by atoms with Crippen LogP contribution in [0.2, 0.25) is 0 Å². The first-order chi connectivity index (χ1) is 22.0. The van der Waals surface area contributed by atoms with E-state index in [0.717, 1.165) is 62.4 Å². The number of hydrogen-bond acceptors (Lipinski definition) is 6. The summed E-state index contributed by atoms with van der Waals surface area (Å²) >= 11 is 0. The van der Waals surface area contributed by atoms with E-state index >= 15 is 0 Å². The third kappa shape index (κ3) is 6.97. The number of rotatable bonds is 11. The van der Waals surface area contributed by atoms with Crippen molar-refractivity contribution in [2.45, 2.75) is 0 Å². The molecule has 0 saturated carbocycles. The predicted octanol–water partition coefficient (Wildman–Crippen LogP) is 9.53. The van der Waals surface area contributed by atoms with Crippen molar-refractivity contribution in [1.29, 1.82) is 0 Å². The second-order valence-electron chi connectivity index (χ2n) is 12.3. The molecule has 0 aliphatic carbocycles. The summed E-state index contributed by atoms with van der Waals surface area (Å²) in [7, 11) is 16.5. The molecule has 0 aliphatic rings. The van der Waals surface area contributed by atoms with Gasteiger partial charge in [-0.1, -0.05) is 12.7 Å². The molecule has 6 nitrogen and oxygen atoms in total. The summed E-state index contributed by atoms with van der Waals surface area (Å²) in [6.45, 7) is 4.19. The van der Waals surface area contributed by atoms with Crippen LogP contribution in [0.3, 0.4) is 0 Å². The molecule has 236 valence electrons. The largest absolute Gasteiger partial charge is 0.378 e. The minimum absolute atomic E-state index is 1.03. The van der Waals surface area contributed by atoms with E-state index in [1.54, 1.807) is 0 Å². The summed E-state index contributed by atoms with van der Waals surface area (Å²) in [5.41, 5.74) is 12.0. The average Bonchev–Trinajstić information content (AvgIpc) is 3.06. The molecule has 5 rings (SSSR count). The lowest BCUT2D eigenvalue weighted by molar-refractivity contribution is 1.12. The number of nitrogens with zero attached hydrogens (tertiary/aromatic N) is 6. The molecule has 0 aliphatic heterocycles. The Labute approximate surface area is 275 Å². The second kappa shape index (κ2) is 13.7. The number of benzene rings is 5. The van der Waals surface area contributed by atoms with Gasteiger partial charge in [0.2, 0.25) is 0 Å². The van der Waals surface area contributed by atoms with Crippen molar-refractivity contribution in [3.8, 4) is 0 Å². The smallest absolute Gasteiger partial charge is 0.0488 e. The lowest BCUT2D eigenvalue weighted by Crippen LogP contribution is -2.15. The molecule has 5 aromatic carbocycles. The Balaban J connectivity index is 1.71. The van der Waals surface area contributed by atoms with Crippen molar-refractivity contribution < 1.29 is 0 Å². The van der Waals surface area contributed by atoms with Crippen LogP contribution in [0, 0.1) is 0 Å². The van der Waals surface area contributed by atoms with E-state index in [4.69, 9.17) is 0 Å².